The summed E-state index contributed by atoms with van der Waals surface area (Å²) in [4.78, 5) is 33.1. The molecule has 258 valence electrons. The van der Waals surface area contributed by atoms with E-state index in [2.05, 4.69) is 17.1 Å². The summed E-state index contributed by atoms with van der Waals surface area (Å²) in [6, 6.07) is 0.442. The van der Waals surface area contributed by atoms with Gasteiger partial charge in [0, 0.05) is 45.8 Å². The highest BCUT2D eigenvalue weighted by atomic mass is 35.5. The molecule has 1 aromatic rings. The fourth-order valence-corrected chi connectivity index (χ4v) is 12.7. The number of rotatable bonds is 9. The van der Waals surface area contributed by atoms with Crippen molar-refractivity contribution in [1.29, 1.82) is 0 Å². The van der Waals surface area contributed by atoms with Crippen molar-refractivity contribution >= 4 is 39.2 Å². The Balaban J connectivity index is 1.11. The van der Waals surface area contributed by atoms with Crippen LogP contribution in [0.5, 0.6) is 0 Å². The van der Waals surface area contributed by atoms with E-state index >= 15 is 0 Å². The number of thioether (sulfide) groups is 1. The van der Waals surface area contributed by atoms with Crippen molar-refractivity contribution in [3.63, 3.8) is 0 Å². The van der Waals surface area contributed by atoms with Crippen molar-refractivity contribution < 1.29 is 23.1 Å². The van der Waals surface area contributed by atoms with Crippen LogP contribution in [-0.4, -0.2) is 105 Å². The molecule has 2 N–H and O–H groups in total. The monoisotopic (exact) mass is 698 g/mol. The second-order valence-corrected chi connectivity index (χ2v) is 18.7. The van der Waals surface area contributed by atoms with Crippen LogP contribution < -0.4 is 10.9 Å². The summed E-state index contributed by atoms with van der Waals surface area (Å²) in [5.41, 5.74) is 1.73. The summed E-state index contributed by atoms with van der Waals surface area (Å²) in [6.07, 6.45) is 7.32. The molecule has 46 heavy (non-hydrogen) atoms. The van der Waals surface area contributed by atoms with Crippen LogP contribution >= 0.6 is 23.4 Å². The third-order valence-electron chi connectivity index (χ3n) is 11.7. The molecule has 0 amide bonds. The third kappa shape index (κ3) is 7.08. The molecule has 5 aliphatic rings. The molecule has 6 rings (SSSR count). The lowest BCUT2D eigenvalue weighted by atomic mass is 9.70. The zero-order valence-electron chi connectivity index (χ0n) is 27.4. The van der Waals surface area contributed by atoms with E-state index in [1.54, 1.807) is 23.3 Å². The Morgan fingerprint density at radius 1 is 1.15 bits per heavy atom. The Kier molecular flexibility index (Phi) is 10.8. The van der Waals surface area contributed by atoms with E-state index in [1.165, 1.54) is 0 Å². The molecule has 0 bridgehead atoms. The average molecular weight is 699 g/mol. The van der Waals surface area contributed by atoms with Crippen LogP contribution in [0.3, 0.4) is 0 Å². The Bertz CT molecular complexity index is 1430. The van der Waals surface area contributed by atoms with Crippen LogP contribution in [-0.2, 0) is 38.8 Å². The highest BCUT2D eigenvalue weighted by Gasteiger charge is 2.51. The van der Waals surface area contributed by atoms with Gasteiger partial charge in [-0.1, -0.05) is 6.92 Å². The minimum Gasteiger partial charge on any atom is -0.481 e. The van der Waals surface area contributed by atoms with Crippen molar-refractivity contribution in [1.82, 2.24) is 19.8 Å². The zero-order chi connectivity index (χ0) is 32.7. The maximum Gasteiger partial charge on any atom is 0.308 e. The van der Waals surface area contributed by atoms with Crippen LogP contribution in [0.25, 0.3) is 0 Å². The summed E-state index contributed by atoms with van der Waals surface area (Å²) in [5.74, 6) is 1.05. The number of fused-ring (bicyclic) bond motifs is 2. The lowest BCUT2D eigenvalue weighted by Gasteiger charge is -2.47. The zero-order valence-corrected chi connectivity index (χ0v) is 29.8. The maximum atomic E-state index is 13.9. The molecule has 0 radical (unpaired) electrons. The number of aliphatic carboxylic acids is 1. The molecule has 10 nitrogen and oxygen atoms in total. The summed E-state index contributed by atoms with van der Waals surface area (Å²) < 4.78 is 33.2. The molecule has 4 fully saturated rings. The van der Waals surface area contributed by atoms with Gasteiger partial charge in [-0.15, -0.1) is 11.6 Å². The van der Waals surface area contributed by atoms with Crippen molar-refractivity contribution in [2.24, 2.45) is 17.8 Å². The second kappa shape index (κ2) is 14.4. The molecule has 3 aliphatic heterocycles. The van der Waals surface area contributed by atoms with Crippen molar-refractivity contribution in [2.75, 3.05) is 31.2 Å². The number of carbonyl (C=O) groups is 1. The molecule has 0 spiro atoms. The number of sulfone groups is 1. The van der Waals surface area contributed by atoms with Gasteiger partial charge in [-0.25, -0.2) is 13.4 Å². The Hall–Kier alpha value is -1.18. The van der Waals surface area contributed by atoms with E-state index in [9.17, 15) is 23.1 Å². The SMILES string of the molecule is CCS(=O)(=O)C1CCN(C2CCc3nc(C)n(CCOC4CCC(Cl)CC4C4CC(C)NC5C(C(=O)O)CSC45)c(=O)c3C2)CC1. The molecule has 9 atom stereocenters. The Labute approximate surface area is 282 Å². The molecule has 3 saturated heterocycles. The number of nitrogens with one attached hydrogen (secondary N) is 1. The first kappa shape index (κ1) is 34.7. The van der Waals surface area contributed by atoms with E-state index in [0.29, 0.717) is 44.1 Å². The predicted molar refractivity (Wildman–Crippen MR) is 182 cm³/mol. The molecule has 4 heterocycles. The van der Waals surface area contributed by atoms with E-state index in [0.717, 1.165) is 68.7 Å². The van der Waals surface area contributed by atoms with Gasteiger partial charge in [-0.05, 0) is 96.6 Å². The fourth-order valence-electron chi connectivity index (χ4n) is 9.13. The van der Waals surface area contributed by atoms with Gasteiger partial charge in [-0.2, -0.15) is 11.8 Å². The van der Waals surface area contributed by atoms with E-state index in [1.807, 2.05) is 6.92 Å². The number of alkyl halides is 1. The van der Waals surface area contributed by atoms with Gasteiger partial charge < -0.3 is 15.2 Å². The first-order valence-corrected chi connectivity index (χ1v) is 20.6. The van der Waals surface area contributed by atoms with Crippen LogP contribution in [0.2, 0.25) is 0 Å². The largest absolute Gasteiger partial charge is 0.481 e. The average Bonchev–Trinajstić information content (AvgIpc) is 3.47. The molecular formula is C33H51ClN4O6S2. The van der Waals surface area contributed by atoms with Gasteiger partial charge >= 0.3 is 5.97 Å². The minimum absolute atomic E-state index is 0.0253. The molecule has 13 heteroatoms. The van der Waals surface area contributed by atoms with Crippen LogP contribution in [0.15, 0.2) is 4.79 Å². The number of nitrogens with zero attached hydrogens (tertiary/aromatic N) is 3. The van der Waals surface area contributed by atoms with E-state index < -0.39 is 15.8 Å². The second-order valence-electron chi connectivity index (χ2n) is 14.3. The normalized spacial score (nSPS) is 35.9. The quantitative estimate of drug-likeness (QED) is 0.371. The smallest absolute Gasteiger partial charge is 0.308 e. The number of hydrogen-bond donors (Lipinski definition) is 2. The van der Waals surface area contributed by atoms with Crippen LogP contribution in [0.4, 0.5) is 0 Å². The van der Waals surface area contributed by atoms with Crippen molar-refractivity contribution in [2.45, 2.75) is 125 Å². The summed E-state index contributed by atoms with van der Waals surface area (Å²) in [7, 11) is -3.02. The van der Waals surface area contributed by atoms with Crippen LogP contribution in [0.1, 0.15) is 75.9 Å². The number of likely N-dealkylation sites (tertiary alicyclic amines) is 1. The molecule has 9 unspecified atom stereocenters. The number of piperidine rings is 2. The molecule has 2 aliphatic carbocycles. The Morgan fingerprint density at radius 2 is 1.91 bits per heavy atom. The summed E-state index contributed by atoms with van der Waals surface area (Å²) >= 11 is 8.53. The lowest BCUT2D eigenvalue weighted by Crippen LogP contribution is -2.57. The first-order valence-electron chi connectivity index (χ1n) is 17.4. The van der Waals surface area contributed by atoms with Gasteiger partial charge in [0.2, 0.25) is 0 Å². The van der Waals surface area contributed by atoms with E-state index in [4.69, 9.17) is 21.3 Å². The van der Waals surface area contributed by atoms with Crippen molar-refractivity contribution in [3.05, 3.63) is 27.4 Å². The van der Waals surface area contributed by atoms with E-state index in [-0.39, 0.29) is 63.3 Å². The predicted octanol–water partition coefficient (Wildman–Crippen LogP) is 3.28. The maximum absolute atomic E-state index is 13.9. The fraction of sp³-hybridized carbons (Fsp3) is 0.848. The molecule has 0 aromatic carbocycles. The lowest BCUT2D eigenvalue weighted by molar-refractivity contribution is -0.142. The van der Waals surface area contributed by atoms with Gasteiger partial charge in [0.05, 0.1) is 36.1 Å². The number of carboxylic acids is 1. The third-order valence-corrected chi connectivity index (χ3v) is 15.9. The molecular weight excluding hydrogens is 648 g/mol. The van der Waals surface area contributed by atoms with Crippen LogP contribution in [0, 0.1) is 24.7 Å². The highest BCUT2D eigenvalue weighted by Crippen LogP contribution is 2.48. The van der Waals surface area contributed by atoms with Gasteiger partial charge in [-0.3, -0.25) is 19.1 Å². The number of ether oxygens (including phenoxy) is 1. The first-order chi connectivity index (χ1) is 22.0. The number of aromatic nitrogens is 2. The molecule has 1 aromatic heterocycles. The minimum atomic E-state index is -3.02. The van der Waals surface area contributed by atoms with Gasteiger partial charge in [0.25, 0.3) is 5.56 Å². The standard InChI is InChI=1S/C33H51ClN4O6S2/c1-4-46(42,43)23-9-11-37(12-10-23)22-6-7-28-26(17-22)32(39)38(20(3)36-28)13-14-44-29-8-5-21(34)16-24(29)25-15-19(2)35-30-27(33(40)41)18-45-31(25)30/h19,21-25,27,29-31,35H,4-18H2,1-3H3,(H,40,41). The van der Waals surface area contributed by atoms with Gasteiger partial charge in [0.1, 0.15) is 5.82 Å². The topological polar surface area (TPSA) is 131 Å². The molecule has 1 saturated carbocycles. The van der Waals surface area contributed by atoms with Crippen molar-refractivity contribution in [3.8, 4) is 0 Å². The number of hydrogen-bond acceptors (Lipinski definition) is 9. The number of aryl methyl sites for hydroxylation is 2. The Morgan fingerprint density at radius 3 is 2.63 bits per heavy atom. The highest BCUT2D eigenvalue weighted by molar-refractivity contribution is 8.00. The summed E-state index contributed by atoms with van der Waals surface area (Å²) in [5, 5.41) is 13.5. The summed E-state index contributed by atoms with van der Waals surface area (Å²) in [6.45, 7) is 8.15. The number of halogens is 1. The number of carboxylic acid groups (broad SMARTS) is 1. The van der Waals surface area contributed by atoms with Gasteiger partial charge in [0.15, 0.2) is 9.84 Å².